The van der Waals surface area contributed by atoms with E-state index in [0.717, 1.165) is 23.3 Å². The van der Waals surface area contributed by atoms with Crippen LogP contribution in [0, 0.1) is 11.7 Å². The third kappa shape index (κ3) is 5.21. The number of hydrogen-bond donors (Lipinski definition) is 1. The summed E-state index contributed by atoms with van der Waals surface area (Å²) in [5.41, 5.74) is 0.572. The maximum absolute atomic E-state index is 13.5. The van der Waals surface area contributed by atoms with Gasteiger partial charge in [0, 0.05) is 18.7 Å². The Morgan fingerprint density at radius 2 is 1.94 bits per heavy atom. The van der Waals surface area contributed by atoms with Crippen molar-refractivity contribution < 1.29 is 26.8 Å². The summed E-state index contributed by atoms with van der Waals surface area (Å²) in [4.78, 5) is 14.2. The van der Waals surface area contributed by atoms with Crippen LogP contribution in [0.5, 0.6) is 0 Å². The summed E-state index contributed by atoms with van der Waals surface area (Å²) in [7, 11) is 0. The van der Waals surface area contributed by atoms with Crippen LogP contribution in [-0.2, 0) is 6.18 Å². The number of amides is 2. The fourth-order valence-corrected chi connectivity index (χ4v) is 3.65. The zero-order valence-corrected chi connectivity index (χ0v) is 17.6. The Bertz CT molecular complexity index is 1170. The van der Waals surface area contributed by atoms with Gasteiger partial charge < -0.3 is 9.32 Å². The molecule has 1 aliphatic rings. The van der Waals surface area contributed by atoms with E-state index in [4.69, 9.17) is 4.42 Å². The minimum absolute atomic E-state index is 0.0289. The van der Waals surface area contributed by atoms with Crippen LogP contribution in [0.15, 0.2) is 58.5 Å². The summed E-state index contributed by atoms with van der Waals surface area (Å²) in [5.74, 6) is -1.13. The number of anilines is 1. The second-order valence-electron chi connectivity index (χ2n) is 7.76. The molecule has 33 heavy (non-hydrogen) atoms. The SMILES string of the molecule is CC1CN(C(=O)Nc2nnc(-c3ccccc3)o2)CC/C1=C\c1ccc(F)c(C(F)(F)F)c1. The molecule has 2 aromatic carbocycles. The summed E-state index contributed by atoms with van der Waals surface area (Å²) in [6.45, 7) is 2.58. The van der Waals surface area contributed by atoms with E-state index >= 15 is 0 Å². The lowest BCUT2D eigenvalue weighted by molar-refractivity contribution is -0.140. The molecule has 4 rings (SSSR count). The highest BCUT2D eigenvalue weighted by Crippen LogP contribution is 2.33. The summed E-state index contributed by atoms with van der Waals surface area (Å²) in [6, 6.07) is 11.6. The van der Waals surface area contributed by atoms with Crippen LogP contribution in [-0.4, -0.2) is 34.2 Å². The molecule has 6 nitrogen and oxygen atoms in total. The van der Waals surface area contributed by atoms with Crippen LogP contribution >= 0.6 is 0 Å². The molecule has 1 fully saturated rings. The molecule has 1 N–H and O–H groups in total. The van der Waals surface area contributed by atoms with Gasteiger partial charge in [0.15, 0.2) is 0 Å². The Morgan fingerprint density at radius 1 is 1.18 bits per heavy atom. The number of halogens is 4. The fraction of sp³-hybridized carbons (Fsp3) is 0.261. The Hall–Kier alpha value is -3.69. The van der Waals surface area contributed by atoms with Crippen molar-refractivity contribution in [1.82, 2.24) is 15.1 Å². The second kappa shape index (κ2) is 9.05. The Balaban J connectivity index is 1.40. The molecule has 1 saturated heterocycles. The van der Waals surface area contributed by atoms with E-state index < -0.39 is 23.6 Å². The largest absolute Gasteiger partial charge is 0.419 e. The van der Waals surface area contributed by atoms with Crippen LogP contribution in [0.3, 0.4) is 0 Å². The first kappa shape index (κ1) is 22.5. The van der Waals surface area contributed by atoms with E-state index in [-0.39, 0.29) is 23.4 Å². The van der Waals surface area contributed by atoms with Gasteiger partial charge in [0.1, 0.15) is 5.82 Å². The number of urea groups is 1. The maximum atomic E-state index is 13.5. The average Bonchev–Trinajstić information content (AvgIpc) is 3.24. The molecule has 0 bridgehead atoms. The van der Waals surface area contributed by atoms with Gasteiger partial charge in [-0.05, 0) is 42.2 Å². The van der Waals surface area contributed by atoms with Crippen molar-refractivity contribution >= 4 is 18.1 Å². The third-order valence-corrected chi connectivity index (χ3v) is 5.39. The third-order valence-electron chi connectivity index (χ3n) is 5.39. The number of aromatic nitrogens is 2. The van der Waals surface area contributed by atoms with Crippen LogP contribution < -0.4 is 5.32 Å². The molecule has 3 aromatic rings. The molecule has 0 saturated carbocycles. The van der Waals surface area contributed by atoms with Crippen molar-refractivity contribution in [3.63, 3.8) is 0 Å². The molecule has 1 aliphatic heterocycles. The van der Waals surface area contributed by atoms with Gasteiger partial charge in [-0.25, -0.2) is 9.18 Å². The van der Waals surface area contributed by atoms with Crippen molar-refractivity contribution in [2.75, 3.05) is 18.4 Å². The second-order valence-corrected chi connectivity index (χ2v) is 7.76. The van der Waals surface area contributed by atoms with Gasteiger partial charge in [-0.15, -0.1) is 5.10 Å². The van der Waals surface area contributed by atoms with Crippen molar-refractivity contribution in [3.05, 3.63) is 71.0 Å². The summed E-state index contributed by atoms with van der Waals surface area (Å²) in [6.07, 6.45) is -2.67. The molecule has 1 aromatic heterocycles. The Kier molecular flexibility index (Phi) is 6.17. The standard InChI is InChI=1S/C23H20F4N4O2/c1-14-13-31(22(32)28-21-30-29-20(33-21)16-5-3-2-4-6-16)10-9-17(14)11-15-7-8-19(24)18(12-15)23(25,26)27/h2-8,11-12,14H,9-10,13H2,1H3,(H,28,30,32)/b17-11+. The average molecular weight is 460 g/mol. The number of carbonyl (C=O) groups is 1. The predicted molar refractivity (Wildman–Crippen MR) is 113 cm³/mol. The number of benzene rings is 2. The molecule has 2 amide bonds. The normalized spacial score (nSPS) is 17.9. The van der Waals surface area contributed by atoms with Gasteiger partial charge in [0.2, 0.25) is 5.89 Å². The van der Waals surface area contributed by atoms with Crippen molar-refractivity contribution in [1.29, 1.82) is 0 Å². The zero-order chi connectivity index (χ0) is 23.6. The first-order valence-corrected chi connectivity index (χ1v) is 10.2. The molecule has 0 aliphatic carbocycles. The quantitative estimate of drug-likeness (QED) is 0.498. The summed E-state index contributed by atoms with van der Waals surface area (Å²) in [5, 5.41) is 10.3. The first-order valence-electron chi connectivity index (χ1n) is 10.2. The molecule has 2 heterocycles. The number of likely N-dealkylation sites (tertiary alicyclic amines) is 1. The lowest BCUT2D eigenvalue weighted by Crippen LogP contribution is -2.42. The topological polar surface area (TPSA) is 71.3 Å². The molecule has 172 valence electrons. The number of rotatable bonds is 3. The van der Waals surface area contributed by atoms with E-state index in [1.807, 2.05) is 25.1 Å². The molecule has 1 unspecified atom stereocenters. The lowest BCUT2D eigenvalue weighted by Gasteiger charge is -2.32. The van der Waals surface area contributed by atoms with Gasteiger partial charge in [-0.2, -0.15) is 13.2 Å². The number of hydrogen-bond acceptors (Lipinski definition) is 4. The summed E-state index contributed by atoms with van der Waals surface area (Å²) >= 11 is 0. The monoisotopic (exact) mass is 460 g/mol. The van der Waals surface area contributed by atoms with Crippen LogP contribution in [0.1, 0.15) is 24.5 Å². The molecule has 0 spiro atoms. The first-order chi connectivity index (χ1) is 15.7. The van der Waals surface area contributed by atoms with Gasteiger partial charge in [-0.1, -0.05) is 47.9 Å². The van der Waals surface area contributed by atoms with Crippen LogP contribution in [0.25, 0.3) is 17.5 Å². The Morgan fingerprint density at radius 3 is 2.64 bits per heavy atom. The van der Waals surface area contributed by atoms with Crippen molar-refractivity contribution in [2.24, 2.45) is 5.92 Å². The highest BCUT2D eigenvalue weighted by molar-refractivity contribution is 5.87. The number of piperidine rings is 1. The molecular weight excluding hydrogens is 440 g/mol. The highest BCUT2D eigenvalue weighted by Gasteiger charge is 2.34. The highest BCUT2D eigenvalue weighted by atomic mass is 19.4. The Labute approximate surface area is 186 Å². The molecule has 10 heteroatoms. The van der Waals surface area contributed by atoms with E-state index in [0.29, 0.717) is 19.5 Å². The minimum Gasteiger partial charge on any atom is -0.403 e. The maximum Gasteiger partial charge on any atom is 0.419 e. The van der Waals surface area contributed by atoms with E-state index in [9.17, 15) is 22.4 Å². The molecule has 1 atom stereocenters. The number of carbonyl (C=O) groups excluding carboxylic acids is 1. The van der Waals surface area contributed by atoms with E-state index in [1.54, 1.807) is 23.1 Å². The number of alkyl halides is 3. The van der Waals surface area contributed by atoms with Crippen molar-refractivity contribution in [3.8, 4) is 11.5 Å². The number of nitrogens with zero attached hydrogens (tertiary/aromatic N) is 3. The van der Waals surface area contributed by atoms with Crippen LogP contribution in [0.4, 0.5) is 28.4 Å². The van der Waals surface area contributed by atoms with Gasteiger partial charge in [0.25, 0.3) is 0 Å². The summed E-state index contributed by atoms with van der Waals surface area (Å²) < 4.78 is 57.9. The molecular formula is C23H20F4N4O2. The zero-order valence-electron chi connectivity index (χ0n) is 17.6. The van der Waals surface area contributed by atoms with Gasteiger partial charge >= 0.3 is 18.2 Å². The fourth-order valence-electron chi connectivity index (χ4n) is 3.65. The van der Waals surface area contributed by atoms with E-state index in [2.05, 4.69) is 15.5 Å². The van der Waals surface area contributed by atoms with Crippen molar-refractivity contribution in [2.45, 2.75) is 19.5 Å². The number of nitrogens with one attached hydrogen (secondary N) is 1. The van der Waals surface area contributed by atoms with E-state index in [1.165, 1.54) is 6.07 Å². The lowest BCUT2D eigenvalue weighted by atomic mass is 9.91. The van der Waals surface area contributed by atoms with Gasteiger partial charge in [0.05, 0.1) is 5.56 Å². The predicted octanol–water partition coefficient (Wildman–Crippen LogP) is 5.85. The molecule has 0 radical (unpaired) electrons. The van der Waals surface area contributed by atoms with Crippen LogP contribution in [0.2, 0.25) is 0 Å². The van der Waals surface area contributed by atoms with Gasteiger partial charge in [-0.3, -0.25) is 5.32 Å². The minimum atomic E-state index is -4.76. The smallest absolute Gasteiger partial charge is 0.403 e.